The molecule has 0 aliphatic carbocycles. The molecule has 1 fully saturated rings. The van der Waals surface area contributed by atoms with Gasteiger partial charge in [-0.15, -0.1) is 20.4 Å². The van der Waals surface area contributed by atoms with E-state index in [9.17, 15) is 8.78 Å². The highest BCUT2D eigenvalue weighted by atomic mass is 79.9. The van der Waals surface area contributed by atoms with Crippen molar-refractivity contribution in [2.24, 2.45) is 0 Å². The van der Waals surface area contributed by atoms with Crippen LogP contribution in [0.25, 0.3) is 44.4 Å². The number of nitrogens with zero attached hydrogens (tertiary/aromatic N) is 10. The summed E-state index contributed by atoms with van der Waals surface area (Å²) in [6, 6.07) is 17.5. The molecule has 0 atom stereocenters. The number of hydrogen-bond acceptors (Lipinski definition) is 12. The summed E-state index contributed by atoms with van der Waals surface area (Å²) in [6.45, 7) is 12.1. The zero-order chi connectivity index (χ0) is 46.2. The molecule has 1 saturated heterocycles. The Bertz CT molecular complexity index is 3340. The second-order valence-electron chi connectivity index (χ2n) is 16.8. The van der Waals surface area contributed by atoms with Gasteiger partial charge in [0.2, 0.25) is 0 Å². The third-order valence-corrected chi connectivity index (χ3v) is 12.8. The number of aryl methyl sites for hydroxylation is 6. The molecule has 2 aromatic carbocycles. The highest BCUT2D eigenvalue weighted by molar-refractivity contribution is 9.10. The van der Waals surface area contributed by atoms with E-state index in [0.29, 0.717) is 59.3 Å². The molecule has 1 aliphatic heterocycles. The van der Waals surface area contributed by atoms with Crippen LogP contribution >= 0.6 is 15.9 Å². The lowest BCUT2D eigenvalue weighted by atomic mass is 9.78. The van der Waals surface area contributed by atoms with Crippen molar-refractivity contribution in [3.8, 4) is 11.1 Å². The molecule has 10 aromatic rings. The fourth-order valence-corrected chi connectivity index (χ4v) is 8.26. The molecule has 0 radical (unpaired) electrons. The molecule has 0 amide bonds. The smallest absolute Gasteiger partial charge is 0.464 e. The lowest BCUT2D eigenvalue weighted by Crippen LogP contribution is -2.41. The van der Waals surface area contributed by atoms with Crippen molar-refractivity contribution < 1.29 is 26.9 Å². The van der Waals surface area contributed by atoms with Crippen molar-refractivity contribution in [2.45, 2.75) is 93.3 Å². The Morgan fingerprint density at radius 1 is 0.603 bits per heavy atom. The van der Waals surface area contributed by atoms with E-state index in [1.807, 2.05) is 42.5 Å². The number of pyridine rings is 2. The zero-order valence-corrected chi connectivity index (χ0v) is 38.6. The molecule has 9 heterocycles. The summed E-state index contributed by atoms with van der Waals surface area (Å²) >= 11 is 3.39. The average Bonchev–Trinajstić information content (AvgIpc) is 4.16. The first-order valence-corrected chi connectivity index (χ1v) is 22.1. The second-order valence-corrected chi connectivity index (χ2v) is 17.6. The van der Waals surface area contributed by atoms with E-state index in [1.165, 1.54) is 12.1 Å². The van der Waals surface area contributed by atoms with Crippen molar-refractivity contribution in [1.29, 1.82) is 0 Å². The number of fused-ring (bicyclic) bond motifs is 4. The monoisotopic (exact) mass is 984 g/mol. The van der Waals surface area contributed by atoms with Crippen LogP contribution in [0.2, 0.25) is 0 Å². The summed E-state index contributed by atoms with van der Waals surface area (Å²) < 4.78 is 55.6. The van der Waals surface area contributed by atoms with Crippen molar-refractivity contribution in [3.63, 3.8) is 0 Å². The fraction of sp³-hybridized carbons (Fsp3) is 0.280. The highest BCUT2D eigenvalue weighted by Crippen LogP contribution is 2.36. The van der Waals surface area contributed by atoms with Crippen LogP contribution in [-0.2, 0) is 35.0 Å². The molecule has 0 spiro atoms. The summed E-state index contributed by atoms with van der Waals surface area (Å²) in [5, 5.41) is 17.8. The minimum atomic E-state index is -0.307. The number of hydrogen-bond donors (Lipinski definition) is 0. The molecule has 0 bridgehead atoms. The summed E-state index contributed by atoms with van der Waals surface area (Å²) in [5.41, 5.74) is 8.17. The van der Waals surface area contributed by atoms with Crippen molar-refractivity contribution in [1.82, 2.24) is 49.1 Å². The minimum absolute atomic E-state index is 0. The van der Waals surface area contributed by atoms with Crippen molar-refractivity contribution in [3.05, 3.63) is 161 Å². The summed E-state index contributed by atoms with van der Waals surface area (Å²) in [6.07, 6.45) is 15.5. The maximum Gasteiger partial charge on any atom is 0.496 e. The van der Waals surface area contributed by atoms with Crippen LogP contribution in [0.3, 0.4) is 0 Å². The molecular formula is C50H52BBrF2N10O4. The van der Waals surface area contributed by atoms with Gasteiger partial charge in [-0.3, -0.25) is 18.8 Å². The van der Waals surface area contributed by atoms with Gasteiger partial charge in [0.05, 0.1) is 28.2 Å². The van der Waals surface area contributed by atoms with Gasteiger partial charge in [0.25, 0.3) is 0 Å². The van der Waals surface area contributed by atoms with Gasteiger partial charge in [0, 0.05) is 76.4 Å². The van der Waals surface area contributed by atoms with Gasteiger partial charge in [-0.25, -0.2) is 18.7 Å². The van der Waals surface area contributed by atoms with E-state index < -0.39 is 0 Å². The molecule has 14 nitrogen and oxygen atoms in total. The van der Waals surface area contributed by atoms with E-state index >= 15 is 0 Å². The quantitative estimate of drug-likeness (QED) is 0.133. The van der Waals surface area contributed by atoms with Crippen LogP contribution in [0.1, 0.15) is 76.7 Å². The molecule has 11 rings (SSSR count). The molecule has 1 aliphatic rings. The second kappa shape index (κ2) is 20.2. The summed E-state index contributed by atoms with van der Waals surface area (Å²) in [4.78, 5) is 17.6. The Balaban J connectivity index is 0.000000155. The van der Waals surface area contributed by atoms with Crippen molar-refractivity contribution >= 4 is 61.7 Å². The van der Waals surface area contributed by atoms with Crippen LogP contribution in [-0.4, -0.2) is 67.5 Å². The van der Waals surface area contributed by atoms with E-state index in [4.69, 9.17) is 18.1 Å². The number of aromatic nitrogens is 10. The Hall–Kier alpha value is -6.76. The Morgan fingerprint density at radius 2 is 1.12 bits per heavy atom. The molecule has 68 heavy (non-hydrogen) atoms. The van der Waals surface area contributed by atoms with Gasteiger partial charge in [-0.2, -0.15) is 0 Å². The third-order valence-electron chi connectivity index (χ3n) is 12.2. The standard InChI is InChI=1S/C21H16FN5O.C15H10BrFN4O.C12H18BNO2.2CH4/c1-13-14(3-2-9-23-13)17-11-24-20(27-12-25-26-21(17)27)7-4-15-16-8-10-28-19(16)6-5-18(15)22;16-11-7-18-14(21-8-19-20-15(11)21)4-1-9-10-5-6-22-13(10)3-2-12(9)17;1-9-10(7-6-8-14-9)13-15-11(2,3)12(4,5)16-13;;/h2-3,5-6,8-12H,4,7H2,1H3;2-3,5-8H,1,4H2;6-8H,1-5H3;2*1H4. The first-order chi connectivity index (χ1) is 31.8. The highest BCUT2D eigenvalue weighted by Gasteiger charge is 2.52. The van der Waals surface area contributed by atoms with Gasteiger partial charge >= 0.3 is 7.12 Å². The molecule has 8 aromatic heterocycles. The summed E-state index contributed by atoms with van der Waals surface area (Å²) in [5.74, 6) is 1.08. The number of furan rings is 2. The minimum Gasteiger partial charge on any atom is -0.464 e. The predicted octanol–water partition coefficient (Wildman–Crippen LogP) is 10.7. The lowest BCUT2D eigenvalue weighted by molar-refractivity contribution is 0.00578. The van der Waals surface area contributed by atoms with Crippen LogP contribution < -0.4 is 5.46 Å². The molecule has 18 heteroatoms. The predicted molar refractivity (Wildman–Crippen MR) is 263 cm³/mol. The largest absolute Gasteiger partial charge is 0.496 e. The fourth-order valence-electron chi connectivity index (χ4n) is 7.89. The Labute approximate surface area is 401 Å². The summed E-state index contributed by atoms with van der Waals surface area (Å²) in [7, 11) is -0.307. The van der Waals surface area contributed by atoms with E-state index in [0.717, 1.165) is 54.9 Å². The SMILES string of the molecule is C.C.Cc1ncccc1-c1cnc(CCc2c(F)ccc3occc23)n2cnnc12.Cc1ncccc1B1OC(C)(C)C(C)(C)O1.Fc1ccc2occc2c1CCc1ncc(Br)c2nncn12. The topological polar surface area (TPSA) is 157 Å². The van der Waals surface area contributed by atoms with E-state index in [1.54, 1.807) is 78.6 Å². The van der Waals surface area contributed by atoms with Gasteiger partial charge in [0.1, 0.15) is 47.1 Å². The van der Waals surface area contributed by atoms with Crippen LogP contribution in [0.15, 0.2) is 124 Å². The average molecular weight is 986 g/mol. The van der Waals surface area contributed by atoms with Gasteiger partial charge < -0.3 is 18.1 Å². The normalized spacial score (nSPS) is 13.8. The first kappa shape index (κ1) is 49.2. The van der Waals surface area contributed by atoms with Gasteiger partial charge in [-0.05, 0) is 130 Å². The van der Waals surface area contributed by atoms with Gasteiger partial charge in [-0.1, -0.05) is 27.0 Å². The first-order valence-electron chi connectivity index (χ1n) is 21.3. The van der Waals surface area contributed by atoms with E-state index in [-0.39, 0.29) is 44.8 Å². The molecule has 350 valence electrons. The molecule has 0 N–H and O–H groups in total. The van der Waals surface area contributed by atoms with Crippen LogP contribution in [0.5, 0.6) is 0 Å². The lowest BCUT2D eigenvalue weighted by Gasteiger charge is -2.32. The number of benzene rings is 2. The van der Waals surface area contributed by atoms with Crippen LogP contribution in [0.4, 0.5) is 8.78 Å². The maximum atomic E-state index is 14.4. The molecular weight excluding hydrogens is 933 g/mol. The Morgan fingerprint density at radius 3 is 1.68 bits per heavy atom. The maximum absolute atomic E-state index is 14.4. The number of rotatable bonds is 8. The van der Waals surface area contributed by atoms with E-state index in [2.05, 4.69) is 84.0 Å². The number of halogens is 3. The molecule has 0 unspecified atom stereocenters. The van der Waals surface area contributed by atoms with Crippen molar-refractivity contribution in [2.75, 3.05) is 0 Å². The van der Waals surface area contributed by atoms with Gasteiger partial charge in [0.15, 0.2) is 11.3 Å². The van der Waals surface area contributed by atoms with Crippen LogP contribution in [0, 0.1) is 25.5 Å². The molecule has 0 saturated carbocycles. The Kier molecular flexibility index (Phi) is 14.6. The third kappa shape index (κ3) is 9.66. The zero-order valence-electron chi connectivity index (χ0n) is 37.0.